The predicted octanol–water partition coefficient (Wildman–Crippen LogP) is 0.832. The smallest absolute Gasteiger partial charge is 0.253 e. The number of amides is 1. The normalized spacial score (nSPS) is 21.2. The molecule has 0 spiro atoms. The molecule has 5 heteroatoms. The summed E-state index contributed by atoms with van der Waals surface area (Å²) in [6.45, 7) is 2.55. The molecule has 5 nitrogen and oxygen atoms in total. The minimum Gasteiger partial charge on any atom is -0.497 e. The summed E-state index contributed by atoms with van der Waals surface area (Å²) in [5.74, 6) is 1.17. The van der Waals surface area contributed by atoms with E-state index in [0.29, 0.717) is 12.5 Å². The summed E-state index contributed by atoms with van der Waals surface area (Å²) in [6.07, 6.45) is 0. The second kappa shape index (κ2) is 4.86. The highest BCUT2D eigenvalue weighted by Gasteiger charge is 2.29. The third-order valence-corrected chi connectivity index (χ3v) is 2.53. The van der Waals surface area contributed by atoms with Crippen molar-refractivity contribution in [2.45, 2.75) is 13.0 Å². The van der Waals surface area contributed by atoms with Crippen LogP contribution < -0.4 is 15.4 Å². The van der Waals surface area contributed by atoms with Crippen LogP contribution in [0.3, 0.4) is 0 Å². The topological polar surface area (TPSA) is 62.7 Å². The molecule has 0 bridgehead atoms. The number of nitrogens with one attached hydrogen (secondary N) is 2. The lowest BCUT2D eigenvalue weighted by molar-refractivity contribution is -0.120. The largest absolute Gasteiger partial charge is 0.497 e. The molecule has 1 saturated heterocycles. The lowest BCUT2D eigenvalue weighted by Gasteiger charge is -2.09. The minimum absolute atomic E-state index is 0.0922. The van der Waals surface area contributed by atoms with Crippen LogP contribution in [0.2, 0.25) is 0 Å². The SMILES string of the molecule is CCN=C1NC(=O)C(c2cccc(OC)c2)N1. The van der Waals surface area contributed by atoms with Crippen molar-refractivity contribution in [3.63, 3.8) is 0 Å². The standard InChI is InChI=1S/C12H15N3O2/c1-3-13-12-14-10(11(16)15-12)8-5-4-6-9(7-8)17-2/h4-7,10H,3H2,1-2H3,(H2,13,14,15,16). The van der Waals surface area contributed by atoms with E-state index in [4.69, 9.17) is 4.74 Å². The number of aliphatic imine (C=N–C) groups is 1. The molecule has 1 aromatic carbocycles. The Hall–Kier alpha value is -2.04. The van der Waals surface area contributed by atoms with E-state index in [2.05, 4.69) is 15.6 Å². The van der Waals surface area contributed by atoms with Crippen LogP contribution in [0, 0.1) is 0 Å². The van der Waals surface area contributed by atoms with Crippen molar-refractivity contribution in [3.05, 3.63) is 29.8 Å². The zero-order chi connectivity index (χ0) is 12.3. The van der Waals surface area contributed by atoms with Crippen LogP contribution in [-0.4, -0.2) is 25.5 Å². The van der Waals surface area contributed by atoms with Gasteiger partial charge in [-0.25, -0.2) is 0 Å². The molecule has 2 rings (SSSR count). The first-order valence-corrected chi connectivity index (χ1v) is 5.50. The number of rotatable bonds is 3. The first-order chi connectivity index (χ1) is 8.24. The number of guanidine groups is 1. The summed E-state index contributed by atoms with van der Waals surface area (Å²) in [7, 11) is 1.60. The van der Waals surface area contributed by atoms with Crippen molar-refractivity contribution in [3.8, 4) is 5.75 Å². The van der Waals surface area contributed by atoms with Gasteiger partial charge >= 0.3 is 0 Å². The number of methoxy groups -OCH3 is 1. The van der Waals surface area contributed by atoms with Crippen molar-refractivity contribution in [1.29, 1.82) is 0 Å². The molecule has 0 aliphatic carbocycles. The van der Waals surface area contributed by atoms with Gasteiger partial charge in [0.1, 0.15) is 11.8 Å². The van der Waals surface area contributed by atoms with Crippen LogP contribution in [0.25, 0.3) is 0 Å². The van der Waals surface area contributed by atoms with Crippen LogP contribution in [0.15, 0.2) is 29.3 Å². The summed E-state index contributed by atoms with van der Waals surface area (Å²) >= 11 is 0. The maximum atomic E-state index is 11.8. The van der Waals surface area contributed by atoms with Gasteiger partial charge in [0.25, 0.3) is 5.91 Å². The average Bonchev–Trinajstić information content (AvgIpc) is 2.71. The fourth-order valence-corrected chi connectivity index (χ4v) is 1.73. The van der Waals surface area contributed by atoms with E-state index in [-0.39, 0.29) is 5.91 Å². The molecule has 1 aliphatic heterocycles. The van der Waals surface area contributed by atoms with E-state index in [9.17, 15) is 4.79 Å². The minimum atomic E-state index is -0.393. The lowest BCUT2D eigenvalue weighted by Crippen LogP contribution is -2.25. The Morgan fingerprint density at radius 1 is 1.47 bits per heavy atom. The lowest BCUT2D eigenvalue weighted by atomic mass is 10.1. The van der Waals surface area contributed by atoms with Gasteiger partial charge in [0.2, 0.25) is 0 Å². The number of carbonyl (C=O) groups excluding carboxylic acids is 1. The first kappa shape index (κ1) is 11.4. The molecule has 0 saturated carbocycles. The highest BCUT2D eigenvalue weighted by Crippen LogP contribution is 2.21. The summed E-state index contributed by atoms with van der Waals surface area (Å²) in [4.78, 5) is 15.9. The molecule has 90 valence electrons. The number of hydrogen-bond acceptors (Lipinski definition) is 3. The monoisotopic (exact) mass is 233 g/mol. The van der Waals surface area contributed by atoms with Gasteiger partial charge in [-0.3, -0.25) is 15.1 Å². The summed E-state index contributed by atoms with van der Waals surface area (Å²) < 4.78 is 5.13. The Morgan fingerprint density at radius 3 is 3.00 bits per heavy atom. The average molecular weight is 233 g/mol. The fourth-order valence-electron chi connectivity index (χ4n) is 1.73. The van der Waals surface area contributed by atoms with Gasteiger partial charge in [-0.15, -0.1) is 0 Å². The van der Waals surface area contributed by atoms with Crippen LogP contribution >= 0.6 is 0 Å². The van der Waals surface area contributed by atoms with Gasteiger partial charge in [-0.05, 0) is 24.6 Å². The van der Waals surface area contributed by atoms with Gasteiger partial charge < -0.3 is 10.1 Å². The van der Waals surface area contributed by atoms with E-state index < -0.39 is 6.04 Å². The molecule has 1 atom stereocenters. The third kappa shape index (κ3) is 2.38. The van der Waals surface area contributed by atoms with E-state index in [1.165, 1.54) is 0 Å². The van der Waals surface area contributed by atoms with Crippen molar-refractivity contribution in [2.75, 3.05) is 13.7 Å². The number of ether oxygens (including phenoxy) is 1. The van der Waals surface area contributed by atoms with E-state index in [0.717, 1.165) is 11.3 Å². The number of carbonyl (C=O) groups is 1. The Bertz CT molecular complexity index is 457. The predicted molar refractivity (Wildman–Crippen MR) is 65.0 cm³/mol. The highest BCUT2D eigenvalue weighted by atomic mass is 16.5. The molecule has 1 fully saturated rings. The van der Waals surface area contributed by atoms with Crippen molar-refractivity contribution < 1.29 is 9.53 Å². The number of benzene rings is 1. The number of nitrogens with zero attached hydrogens (tertiary/aromatic N) is 1. The van der Waals surface area contributed by atoms with Crippen LogP contribution in [0.5, 0.6) is 5.75 Å². The molecule has 0 aromatic heterocycles. The second-order valence-corrected chi connectivity index (χ2v) is 3.67. The van der Waals surface area contributed by atoms with Crippen molar-refractivity contribution >= 4 is 11.9 Å². The molecule has 1 aromatic rings. The molecular weight excluding hydrogens is 218 g/mol. The Morgan fingerprint density at radius 2 is 2.29 bits per heavy atom. The van der Waals surface area contributed by atoms with E-state index in [1.807, 2.05) is 31.2 Å². The maximum absolute atomic E-state index is 11.8. The first-order valence-electron chi connectivity index (χ1n) is 5.50. The summed E-state index contributed by atoms with van der Waals surface area (Å²) in [5.41, 5.74) is 0.864. The zero-order valence-corrected chi connectivity index (χ0v) is 9.86. The van der Waals surface area contributed by atoms with Gasteiger partial charge in [0.15, 0.2) is 5.96 Å². The Kier molecular flexibility index (Phi) is 3.27. The van der Waals surface area contributed by atoms with Gasteiger partial charge in [-0.1, -0.05) is 12.1 Å². The molecule has 17 heavy (non-hydrogen) atoms. The maximum Gasteiger partial charge on any atom is 0.253 e. The second-order valence-electron chi connectivity index (χ2n) is 3.67. The van der Waals surface area contributed by atoms with Gasteiger partial charge in [0, 0.05) is 6.54 Å². The molecular formula is C12H15N3O2. The van der Waals surface area contributed by atoms with Crippen LogP contribution in [0.4, 0.5) is 0 Å². The third-order valence-electron chi connectivity index (χ3n) is 2.53. The summed E-state index contributed by atoms with van der Waals surface area (Å²) in [6, 6.07) is 7.03. The molecule has 1 heterocycles. The quantitative estimate of drug-likeness (QED) is 0.813. The molecule has 1 amide bonds. The van der Waals surface area contributed by atoms with Crippen molar-refractivity contribution in [2.24, 2.45) is 4.99 Å². The van der Waals surface area contributed by atoms with Crippen LogP contribution in [0.1, 0.15) is 18.5 Å². The van der Waals surface area contributed by atoms with Gasteiger partial charge in [0.05, 0.1) is 7.11 Å². The highest BCUT2D eigenvalue weighted by molar-refractivity contribution is 6.06. The van der Waals surface area contributed by atoms with Gasteiger partial charge in [-0.2, -0.15) is 0 Å². The van der Waals surface area contributed by atoms with E-state index in [1.54, 1.807) is 7.11 Å². The van der Waals surface area contributed by atoms with Crippen LogP contribution in [-0.2, 0) is 4.79 Å². The Labute approximate surface area is 99.9 Å². The Balaban J connectivity index is 2.22. The van der Waals surface area contributed by atoms with Crippen molar-refractivity contribution in [1.82, 2.24) is 10.6 Å². The summed E-state index contributed by atoms with van der Waals surface area (Å²) in [5, 5.41) is 5.74. The fraction of sp³-hybridized carbons (Fsp3) is 0.333. The number of hydrogen-bond donors (Lipinski definition) is 2. The molecule has 1 unspecified atom stereocenters. The van der Waals surface area contributed by atoms with E-state index >= 15 is 0 Å². The molecule has 0 radical (unpaired) electrons. The molecule has 2 N–H and O–H groups in total. The molecule has 1 aliphatic rings. The zero-order valence-electron chi connectivity index (χ0n) is 9.86.